The Labute approximate surface area is 113 Å². The lowest BCUT2D eigenvalue weighted by Gasteiger charge is -2.22. The SMILES string of the molecule is CCSCCCNC(=O)N(CC(=O)O)CC(F)(F)F. The van der Waals surface area contributed by atoms with Crippen molar-refractivity contribution in [2.24, 2.45) is 0 Å². The number of amides is 2. The Hall–Kier alpha value is -1.12. The van der Waals surface area contributed by atoms with Crippen LogP contribution in [0.15, 0.2) is 0 Å². The Morgan fingerprint density at radius 2 is 2.00 bits per heavy atom. The van der Waals surface area contributed by atoms with Gasteiger partial charge < -0.3 is 15.3 Å². The molecule has 0 atom stereocenters. The normalized spacial score (nSPS) is 11.2. The Morgan fingerprint density at radius 3 is 2.47 bits per heavy atom. The summed E-state index contributed by atoms with van der Waals surface area (Å²) in [5.74, 6) is 0.225. The molecule has 0 saturated carbocycles. The Kier molecular flexibility index (Phi) is 8.37. The number of carbonyl (C=O) groups excluding carboxylic acids is 1. The number of carboxylic acid groups (broad SMARTS) is 1. The Bertz CT molecular complexity index is 300. The van der Waals surface area contributed by atoms with E-state index in [1.165, 1.54) is 0 Å². The first-order valence-electron chi connectivity index (χ1n) is 5.65. The van der Waals surface area contributed by atoms with Crippen molar-refractivity contribution in [2.75, 3.05) is 31.1 Å². The van der Waals surface area contributed by atoms with Crippen LogP contribution in [0.4, 0.5) is 18.0 Å². The minimum absolute atomic E-state index is 0.222. The van der Waals surface area contributed by atoms with Gasteiger partial charge in [-0.2, -0.15) is 24.9 Å². The molecule has 0 rings (SSSR count). The lowest BCUT2D eigenvalue weighted by atomic mass is 10.4. The summed E-state index contributed by atoms with van der Waals surface area (Å²) in [5, 5.41) is 10.8. The summed E-state index contributed by atoms with van der Waals surface area (Å²) >= 11 is 1.65. The van der Waals surface area contributed by atoms with Gasteiger partial charge >= 0.3 is 18.2 Å². The van der Waals surface area contributed by atoms with Crippen molar-refractivity contribution in [3.63, 3.8) is 0 Å². The van der Waals surface area contributed by atoms with Gasteiger partial charge in [0, 0.05) is 6.54 Å². The van der Waals surface area contributed by atoms with Gasteiger partial charge in [-0.1, -0.05) is 6.92 Å². The van der Waals surface area contributed by atoms with Crippen molar-refractivity contribution in [1.29, 1.82) is 0 Å². The number of urea groups is 1. The number of nitrogens with zero attached hydrogens (tertiary/aromatic N) is 1. The molecule has 0 saturated heterocycles. The van der Waals surface area contributed by atoms with Crippen LogP contribution in [0.25, 0.3) is 0 Å². The zero-order valence-electron chi connectivity index (χ0n) is 10.5. The second-order valence-corrected chi connectivity index (χ2v) is 5.04. The van der Waals surface area contributed by atoms with Crippen molar-refractivity contribution in [3.8, 4) is 0 Å². The van der Waals surface area contributed by atoms with E-state index in [0.29, 0.717) is 6.42 Å². The van der Waals surface area contributed by atoms with Crippen LogP contribution in [0.5, 0.6) is 0 Å². The van der Waals surface area contributed by atoms with E-state index in [1.54, 1.807) is 11.8 Å². The predicted molar refractivity (Wildman–Crippen MR) is 66.3 cm³/mol. The number of thioether (sulfide) groups is 1. The first kappa shape index (κ1) is 17.9. The minimum Gasteiger partial charge on any atom is -0.480 e. The summed E-state index contributed by atoms with van der Waals surface area (Å²) in [5.41, 5.74) is 0. The summed E-state index contributed by atoms with van der Waals surface area (Å²) < 4.78 is 36.6. The molecule has 0 aromatic carbocycles. The fourth-order valence-electron chi connectivity index (χ4n) is 1.20. The molecule has 0 spiro atoms. The van der Waals surface area contributed by atoms with E-state index >= 15 is 0 Å². The lowest BCUT2D eigenvalue weighted by molar-refractivity contribution is -0.148. The van der Waals surface area contributed by atoms with Gasteiger partial charge in [0.15, 0.2) is 0 Å². The molecule has 0 aliphatic rings. The number of nitrogens with one attached hydrogen (secondary N) is 1. The summed E-state index contributed by atoms with van der Waals surface area (Å²) in [4.78, 5) is 22.1. The number of halogens is 3. The molecule has 19 heavy (non-hydrogen) atoms. The second-order valence-electron chi connectivity index (χ2n) is 3.65. The number of carboxylic acids is 1. The van der Waals surface area contributed by atoms with Crippen molar-refractivity contribution in [2.45, 2.75) is 19.5 Å². The first-order valence-corrected chi connectivity index (χ1v) is 6.80. The predicted octanol–water partition coefficient (Wildman–Crippen LogP) is 1.79. The largest absolute Gasteiger partial charge is 0.480 e. The van der Waals surface area contributed by atoms with E-state index in [9.17, 15) is 22.8 Å². The summed E-state index contributed by atoms with van der Waals surface area (Å²) in [7, 11) is 0. The van der Waals surface area contributed by atoms with E-state index in [0.717, 1.165) is 11.5 Å². The van der Waals surface area contributed by atoms with E-state index in [1.807, 2.05) is 6.92 Å². The van der Waals surface area contributed by atoms with Gasteiger partial charge in [-0.25, -0.2) is 4.79 Å². The maximum atomic E-state index is 12.2. The zero-order valence-corrected chi connectivity index (χ0v) is 11.3. The molecule has 0 unspecified atom stereocenters. The summed E-state index contributed by atoms with van der Waals surface area (Å²) in [6.07, 6.45) is -4.00. The van der Waals surface area contributed by atoms with E-state index in [4.69, 9.17) is 5.11 Å². The maximum absolute atomic E-state index is 12.2. The summed E-state index contributed by atoms with van der Waals surface area (Å²) in [6, 6.07) is -1.01. The quantitative estimate of drug-likeness (QED) is 0.671. The average molecular weight is 302 g/mol. The molecule has 0 fully saturated rings. The van der Waals surface area contributed by atoms with Gasteiger partial charge in [0.2, 0.25) is 0 Å². The molecule has 2 amide bonds. The molecule has 0 bridgehead atoms. The average Bonchev–Trinajstić information content (AvgIpc) is 2.25. The third kappa shape index (κ3) is 10.5. The molecule has 2 N–H and O–H groups in total. The van der Waals surface area contributed by atoms with Crippen LogP contribution in [0, 0.1) is 0 Å². The molecule has 0 aromatic heterocycles. The minimum atomic E-state index is -4.62. The molecular formula is C10H17F3N2O3S. The molecule has 112 valence electrons. The number of alkyl halides is 3. The highest BCUT2D eigenvalue weighted by atomic mass is 32.2. The lowest BCUT2D eigenvalue weighted by Crippen LogP contribution is -2.47. The van der Waals surface area contributed by atoms with E-state index < -0.39 is 31.3 Å². The van der Waals surface area contributed by atoms with Crippen LogP contribution in [0.1, 0.15) is 13.3 Å². The zero-order chi connectivity index (χ0) is 14.9. The number of carbonyl (C=O) groups is 2. The van der Waals surface area contributed by atoms with Gasteiger partial charge in [0.25, 0.3) is 0 Å². The molecule has 0 aromatic rings. The van der Waals surface area contributed by atoms with Crippen molar-refractivity contribution >= 4 is 23.8 Å². The van der Waals surface area contributed by atoms with Gasteiger partial charge in [-0.15, -0.1) is 0 Å². The molecule has 0 aliphatic carbocycles. The van der Waals surface area contributed by atoms with E-state index in [2.05, 4.69) is 5.32 Å². The maximum Gasteiger partial charge on any atom is 0.406 e. The van der Waals surface area contributed by atoms with Gasteiger partial charge in [0.1, 0.15) is 13.1 Å². The summed E-state index contributed by atoms with van der Waals surface area (Å²) in [6.45, 7) is -0.356. The molecule has 0 heterocycles. The van der Waals surface area contributed by atoms with Gasteiger partial charge in [-0.05, 0) is 17.9 Å². The molecule has 9 heteroatoms. The Morgan fingerprint density at radius 1 is 1.37 bits per heavy atom. The van der Waals surface area contributed by atoms with Gasteiger partial charge in [0.05, 0.1) is 0 Å². The second kappa shape index (κ2) is 8.89. The monoisotopic (exact) mass is 302 g/mol. The van der Waals surface area contributed by atoms with Crippen LogP contribution in [-0.4, -0.2) is 59.3 Å². The molecule has 0 radical (unpaired) electrons. The van der Waals surface area contributed by atoms with Crippen LogP contribution >= 0.6 is 11.8 Å². The first-order chi connectivity index (χ1) is 8.76. The van der Waals surface area contributed by atoms with E-state index in [-0.39, 0.29) is 11.4 Å². The fraction of sp³-hybridized carbons (Fsp3) is 0.800. The van der Waals surface area contributed by atoms with Crippen LogP contribution in [0.2, 0.25) is 0 Å². The van der Waals surface area contributed by atoms with Crippen molar-refractivity contribution in [1.82, 2.24) is 10.2 Å². The van der Waals surface area contributed by atoms with Crippen molar-refractivity contribution in [3.05, 3.63) is 0 Å². The molecule has 0 aliphatic heterocycles. The standard InChI is InChI=1S/C10H17F3N2O3S/c1-2-19-5-3-4-14-9(18)15(6-8(16)17)7-10(11,12)13/h2-7H2,1H3,(H,14,18)(H,16,17). The highest BCUT2D eigenvalue weighted by Crippen LogP contribution is 2.16. The Balaban J connectivity index is 4.19. The topological polar surface area (TPSA) is 69.6 Å². The smallest absolute Gasteiger partial charge is 0.406 e. The third-order valence-electron chi connectivity index (χ3n) is 1.93. The van der Waals surface area contributed by atoms with Crippen molar-refractivity contribution < 1.29 is 27.9 Å². The molecule has 5 nitrogen and oxygen atoms in total. The van der Waals surface area contributed by atoms with Crippen LogP contribution in [0.3, 0.4) is 0 Å². The third-order valence-corrected chi connectivity index (χ3v) is 2.91. The highest BCUT2D eigenvalue weighted by molar-refractivity contribution is 7.99. The van der Waals surface area contributed by atoms with Crippen LogP contribution < -0.4 is 5.32 Å². The molecular weight excluding hydrogens is 285 g/mol. The fourth-order valence-corrected chi connectivity index (χ4v) is 1.84. The van der Waals surface area contributed by atoms with Crippen LogP contribution in [-0.2, 0) is 4.79 Å². The number of aliphatic carboxylic acids is 1. The highest BCUT2D eigenvalue weighted by Gasteiger charge is 2.33. The number of rotatable bonds is 8. The number of hydrogen-bond donors (Lipinski definition) is 2. The number of hydrogen-bond acceptors (Lipinski definition) is 3. The van der Waals surface area contributed by atoms with Gasteiger partial charge in [-0.3, -0.25) is 4.79 Å².